The van der Waals surface area contributed by atoms with E-state index in [1.807, 2.05) is 36.4 Å². The molecule has 0 saturated heterocycles. The predicted molar refractivity (Wildman–Crippen MR) is 106 cm³/mol. The van der Waals surface area contributed by atoms with E-state index in [9.17, 15) is 4.79 Å². The largest absolute Gasteiger partial charge is 0.356 e. The van der Waals surface area contributed by atoms with Crippen LogP contribution >= 0.6 is 22.9 Å². The zero-order valence-electron chi connectivity index (χ0n) is 14.7. The summed E-state index contributed by atoms with van der Waals surface area (Å²) in [4.78, 5) is 18.9. The van der Waals surface area contributed by atoms with Gasteiger partial charge in [-0.3, -0.25) is 9.79 Å². The molecule has 0 bridgehead atoms. The lowest BCUT2D eigenvalue weighted by Crippen LogP contribution is -2.37. The topological polar surface area (TPSA) is 56.7 Å². The second-order valence-corrected chi connectivity index (χ2v) is 7.50. The third-order valence-electron chi connectivity index (χ3n) is 3.58. The molecule has 2 aromatic rings. The number of aliphatic imine (C=N–C) groups is 1. The second-order valence-electron chi connectivity index (χ2n) is 5.70. The van der Waals surface area contributed by atoms with Crippen LogP contribution < -0.4 is 10.6 Å². The third kappa shape index (κ3) is 6.07. The molecule has 0 atom stereocenters. The van der Waals surface area contributed by atoms with Gasteiger partial charge in [0.15, 0.2) is 5.96 Å². The zero-order chi connectivity index (χ0) is 18.2. The lowest BCUT2D eigenvalue weighted by molar-refractivity contribution is 0.0827. The molecule has 0 aliphatic carbocycles. The van der Waals surface area contributed by atoms with E-state index in [1.54, 1.807) is 37.4 Å². The molecule has 0 aliphatic rings. The van der Waals surface area contributed by atoms with Crippen LogP contribution in [0.15, 0.2) is 41.4 Å². The maximum absolute atomic E-state index is 11.9. The van der Waals surface area contributed by atoms with Gasteiger partial charge in [-0.1, -0.05) is 23.7 Å². The van der Waals surface area contributed by atoms with Crippen LogP contribution in [-0.2, 0) is 13.0 Å². The number of thiophene rings is 1. The van der Waals surface area contributed by atoms with Crippen molar-refractivity contribution >= 4 is 34.8 Å². The quantitative estimate of drug-likeness (QED) is 0.600. The molecule has 0 radical (unpaired) electrons. The zero-order valence-corrected chi connectivity index (χ0v) is 16.2. The second kappa shape index (κ2) is 9.44. The standard InChI is InChI=1S/C18H23ClN4OS/c1-20-18(21-11-10-15-8-9-16(19)25-15)22-12-13-4-6-14(7-5-13)17(24)23(2)3/h4-9H,10-12H2,1-3H3,(H2,20,21,22). The Labute approximate surface area is 157 Å². The fraction of sp³-hybridized carbons (Fsp3) is 0.333. The molecule has 0 fully saturated rings. The smallest absolute Gasteiger partial charge is 0.253 e. The number of nitrogens with one attached hydrogen (secondary N) is 2. The lowest BCUT2D eigenvalue weighted by atomic mass is 10.1. The van der Waals surface area contributed by atoms with Gasteiger partial charge < -0.3 is 15.5 Å². The van der Waals surface area contributed by atoms with Crippen LogP contribution in [0.3, 0.4) is 0 Å². The SMILES string of the molecule is CN=C(NCCc1ccc(Cl)s1)NCc1ccc(C(=O)N(C)C)cc1. The first kappa shape index (κ1) is 19.3. The molecule has 1 aromatic heterocycles. The Balaban J connectivity index is 1.79. The number of hydrogen-bond acceptors (Lipinski definition) is 3. The van der Waals surface area contributed by atoms with E-state index in [-0.39, 0.29) is 5.91 Å². The molecule has 1 aromatic carbocycles. The van der Waals surface area contributed by atoms with Gasteiger partial charge in [0, 0.05) is 44.7 Å². The number of carbonyl (C=O) groups is 1. The highest BCUT2D eigenvalue weighted by Crippen LogP contribution is 2.21. The Morgan fingerprint density at radius 3 is 2.44 bits per heavy atom. The first-order valence-corrected chi connectivity index (χ1v) is 9.18. The molecule has 7 heteroatoms. The van der Waals surface area contributed by atoms with E-state index in [2.05, 4.69) is 15.6 Å². The number of rotatable bonds is 6. The predicted octanol–water partition coefficient (Wildman–Crippen LogP) is 3.01. The average Bonchev–Trinajstić information content (AvgIpc) is 3.03. The average molecular weight is 379 g/mol. The molecule has 1 amide bonds. The molecule has 134 valence electrons. The monoisotopic (exact) mass is 378 g/mol. The molecule has 5 nitrogen and oxygen atoms in total. The van der Waals surface area contributed by atoms with Crippen LogP contribution in [0.5, 0.6) is 0 Å². The van der Waals surface area contributed by atoms with Crippen molar-refractivity contribution in [1.29, 1.82) is 0 Å². The summed E-state index contributed by atoms with van der Waals surface area (Å²) in [6, 6.07) is 11.5. The van der Waals surface area contributed by atoms with Gasteiger partial charge in [-0.2, -0.15) is 0 Å². The Morgan fingerprint density at radius 1 is 1.16 bits per heavy atom. The minimum absolute atomic E-state index is 0.00525. The number of benzene rings is 1. The summed E-state index contributed by atoms with van der Waals surface area (Å²) in [5.74, 6) is 0.752. The Morgan fingerprint density at radius 2 is 1.88 bits per heavy atom. The molecular formula is C18H23ClN4OS. The number of carbonyl (C=O) groups excluding carboxylic acids is 1. The molecule has 0 unspecified atom stereocenters. The maximum Gasteiger partial charge on any atom is 0.253 e. The highest BCUT2D eigenvalue weighted by atomic mass is 35.5. The third-order valence-corrected chi connectivity index (χ3v) is 4.87. The summed E-state index contributed by atoms with van der Waals surface area (Å²) in [5.41, 5.74) is 1.77. The van der Waals surface area contributed by atoms with Crippen molar-refractivity contribution in [2.45, 2.75) is 13.0 Å². The van der Waals surface area contributed by atoms with Crippen molar-refractivity contribution in [3.05, 3.63) is 56.7 Å². The van der Waals surface area contributed by atoms with E-state index in [1.165, 1.54) is 4.88 Å². The fourth-order valence-electron chi connectivity index (χ4n) is 2.22. The highest BCUT2D eigenvalue weighted by Gasteiger charge is 2.07. The summed E-state index contributed by atoms with van der Waals surface area (Å²) in [6.45, 7) is 1.42. The van der Waals surface area contributed by atoms with Gasteiger partial charge >= 0.3 is 0 Å². The van der Waals surface area contributed by atoms with Gasteiger partial charge in [0.2, 0.25) is 0 Å². The van der Waals surface area contributed by atoms with Gasteiger partial charge in [0.1, 0.15) is 0 Å². The summed E-state index contributed by atoms with van der Waals surface area (Å²) in [7, 11) is 5.24. The number of halogens is 1. The first-order chi connectivity index (χ1) is 12.0. The van der Waals surface area contributed by atoms with Crippen LogP contribution in [0.25, 0.3) is 0 Å². The molecule has 1 heterocycles. The highest BCUT2D eigenvalue weighted by molar-refractivity contribution is 7.16. The molecular weight excluding hydrogens is 356 g/mol. The molecule has 0 spiro atoms. The first-order valence-electron chi connectivity index (χ1n) is 7.99. The van der Waals surface area contributed by atoms with Crippen LogP contribution in [0.1, 0.15) is 20.8 Å². The maximum atomic E-state index is 11.9. The normalized spacial score (nSPS) is 11.3. The van der Waals surface area contributed by atoms with Gasteiger partial charge in [0.25, 0.3) is 5.91 Å². The van der Waals surface area contributed by atoms with Crippen molar-refractivity contribution in [2.24, 2.45) is 4.99 Å². The van der Waals surface area contributed by atoms with Crippen molar-refractivity contribution < 1.29 is 4.79 Å². The van der Waals surface area contributed by atoms with Gasteiger partial charge in [-0.15, -0.1) is 11.3 Å². The van der Waals surface area contributed by atoms with Gasteiger partial charge in [0.05, 0.1) is 4.34 Å². The Hall–Kier alpha value is -2.05. The van der Waals surface area contributed by atoms with Crippen LogP contribution in [-0.4, -0.2) is 44.5 Å². The summed E-state index contributed by atoms with van der Waals surface area (Å²) in [5, 5.41) is 6.55. The minimum Gasteiger partial charge on any atom is -0.356 e. The number of amides is 1. The summed E-state index contributed by atoms with van der Waals surface area (Å²) < 4.78 is 0.814. The summed E-state index contributed by atoms with van der Waals surface area (Å²) in [6.07, 6.45) is 0.902. The molecule has 0 aliphatic heterocycles. The molecule has 25 heavy (non-hydrogen) atoms. The van der Waals surface area contributed by atoms with E-state index in [0.717, 1.165) is 28.8 Å². The Bertz CT molecular complexity index is 725. The molecule has 2 rings (SSSR count). The van der Waals surface area contributed by atoms with Crippen molar-refractivity contribution in [2.75, 3.05) is 27.7 Å². The van der Waals surface area contributed by atoms with Gasteiger partial charge in [-0.05, 0) is 36.2 Å². The fourth-order valence-corrected chi connectivity index (χ4v) is 3.31. The Kier molecular flexibility index (Phi) is 7.28. The number of hydrogen-bond donors (Lipinski definition) is 2. The molecule has 0 saturated carbocycles. The minimum atomic E-state index is 0.00525. The number of nitrogens with zero attached hydrogens (tertiary/aromatic N) is 2. The van der Waals surface area contributed by atoms with E-state index < -0.39 is 0 Å². The van der Waals surface area contributed by atoms with Crippen LogP contribution in [0.4, 0.5) is 0 Å². The lowest BCUT2D eigenvalue weighted by Gasteiger charge is -2.13. The van der Waals surface area contributed by atoms with Crippen LogP contribution in [0.2, 0.25) is 4.34 Å². The number of guanidine groups is 1. The molecule has 2 N–H and O–H groups in total. The van der Waals surface area contributed by atoms with Crippen molar-refractivity contribution in [3.63, 3.8) is 0 Å². The van der Waals surface area contributed by atoms with E-state index in [0.29, 0.717) is 12.1 Å². The van der Waals surface area contributed by atoms with E-state index in [4.69, 9.17) is 11.6 Å². The van der Waals surface area contributed by atoms with E-state index >= 15 is 0 Å². The van der Waals surface area contributed by atoms with Crippen molar-refractivity contribution in [3.8, 4) is 0 Å². The van der Waals surface area contributed by atoms with Crippen molar-refractivity contribution in [1.82, 2.24) is 15.5 Å². The van der Waals surface area contributed by atoms with Crippen LogP contribution in [0, 0.1) is 0 Å². The summed E-state index contributed by atoms with van der Waals surface area (Å²) >= 11 is 7.53. The van der Waals surface area contributed by atoms with Gasteiger partial charge in [-0.25, -0.2) is 0 Å².